The van der Waals surface area contributed by atoms with Gasteiger partial charge < -0.3 is 5.32 Å². The largest absolute Gasteiger partial charge is 0.403 e. The van der Waals surface area contributed by atoms with Crippen molar-refractivity contribution in [3.8, 4) is 0 Å². The first kappa shape index (κ1) is 8.83. The highest BCUT2D eigenvalue weighted by Crippen LogP contribution is 2.27. The molecule has 1 aliphatic heterocycles. The van der Waals surface area contributed by atoms with Gasteiger partial charge in [-0.05, 0) is 6.08 Å². The molecule has 0 fully saturated rings. The Hall–Kier alpha value is -1.26. The second-order valence-electron chi connectivity index (χ2n) is 2.27. The van der Waals surface area contributed by atoms with Gasteiger partial charge in [-0.2, -0.15) is 13.2 Å². The number of allylic oxidation sites excluding steroid dienone is 2. The molecular formula is C7H6F3NO. The summed E-state index contributed by atoms with van der Waals surface area (Å²) in [5.74, 6) is -3.08. The van der Waals surface area contributed by atoms with E-state index in [2.05, 4.69) is 0 Å². The number of carbonyl (C=O) groups is 1. The molecule has 0 bridgehead atoms. The van der Waals surface area contributed by atoms with Gasteiger partial charge >= 0.3 is 6.18 Å². The van der Waals surface area contributed by atoms with Crippen LogP contribution in [0, 0.1) is 5.92 Å². The maximum Gasteiger partial charge on any atom is 0.403 e. The van der Waals surface area contributed by atoms with E-state index in [-0.39, 0.29) is 0 Å². The van der Waals surface area contributed by atoms with Crippen LogP contribution in [0.4, 0.5) is 13.2 Å². The fourth-order valence-corrected chi connectivity index (χ4v) is 0.796. The molecule has 1 amide bonds. The summed E-state index contributed by atoms with van der Waals surface area (Å²) in [6, 6.07) is 0. The second kappa shape index (κ2) is 3.00. The van der Waals surface area contributed by atoms with Gasteiger partial charge in [0.1, 0.15) is 0 Å². The number of rotatable bonds is 0. The monoisotopic (exact) mass is 177 g/mol. The molecule has 0 aromatic rings. The van der Waals surface area contributed by atoms with E-state index in [0.717, 1.165) is 6.08 Å². The molecule has 0 aromatic heterocycles. The van der Waals surface area contributed by atoms with Crippen molar-refractivity contribution >= 4 is 5.91 Å². The van der Waals surface area contributed by atoms with E-state index in [9.17, 15) is 18.0 Å². The summed E-state index contributed by atoms with van der Waals surface area (Å²) in [6.07, 6.45) is 0.00963. The van der Waals surface area contributed by atoms with E-state index in [1.165, 1.54) is 18.4 Å². The minimum absolute atomic E-state index is 0.818. The van der Waals surface area contributed by atoms with Crippen molar-refractivity contribution in [1.29, 1.82) is 0 Å². The van der Waals surface area contributed by atoms with Gasteiger partial charge in [0, 0.05) is 6.20 Å². The van der Waals surface area contributed by atoms with E-state index in [4.69, 9.17) is 0 Å². The van der Waals surface area contributed by atoms with Crippen molar-refractivity contribution < 1.29 is 18.0 Å². The number of hydrogen-bond acceptors (Lipinski definition) is 1. The summed E-state index contributed by atoms with van der Waals surface area (Å²) < 4.78 is 36.1. The van der Waals surface area contributed by atoms with E-state index < -0.39 is 18.0 Å². The molecule has 5 heteroatoms. The zero-order valence-corrected chi connectivity index (χ0v) is 5.93. The van der Waals surface area contributed by atoms with Crippen LogP contribution in [0.1, 0.15) is 0 Å². The van der Waals surface area contributed by atoms with E-state index >= 15 is 0 Å². The van der Waals surface area contributed by atoms with Crippen molar-refractivity contribution in [3.63, 3.8) is 0 Å². The molecule has 1 rings (SSSR count). The Balaban J connectivity index is 2.84. The zero-order chi connectivity index (χ0) is 9.19. The van der Waals surface area contributed by atoms with Crippen LogP contribution in [0.2, 0.25) is 0 Å². The molecule has 0 saturated carbocycles. The SMILES string of the molecule is O=C1NC=CC=CC1C(F)(F)F. The van der Waals surface area contributed by atoms with Gasteiger partial charge in [0.2, 0.25) is 5.91 Å². The molecule has 12 heavy (non-hydrogen) atoms. The number of carbonyl (C=O) groups excluding carboxylic acids is 1. The quantitative estimate of drug-likeness (QED) is 0.594. The fourth-order valence-electron chi connectivity index (χ4n) is 0.796. The third-order valence-electron chi connectivity index (χ3n) is 1.37. The van der Waals surface area contributed by atoms with Crippen LogP contribution in [-0.4, -0.2) is 12.1 Å². The predicted molar refractivity (Wildman–Crippen MR) is 36.0 cm³/mol. The van der Waals surface area contributed by atoms with Gasteiger partial charge in [0.05, 0.1) is 0 Å². The first-order valence-electron chi connectivity index (χ1n) is 3.22. The lowest BCUT2D eigenvalue weighted by Crippen LogP contribution is -2.35. The topological polar surface area (TPSA) is 29.1 Å². The van der Waals surface area contributed by atoms with Crippen LogP contribution >= 0.6 is 0 Å². The van der Waals surface area contributed by atoms with Crippen molar-refractivity contribution in [2.24, 2.45) is 5.92 Å². The van der Waals surface area contributed by atoms with Crippen LogP contribution in [0.25, 0.3) is 0 Å². The Bertz CT molecular complexity index is 242. The average molecular weight is 177 g/mol. The standard InChI is InChI=1S/C7H6F3NO/c8-7(9,10)5-3-1-2-4-11-6(5)12/h1-5H,(H,11,12). The van der Waals surface area contributed by atoms with Gasteiger partial charge in [-0.3, -0.25) is 4.79 Å². The Morgan fingerprint density at radius 1 is 1.33 bits per heavy atom. The lowest BCUT2D eigenvalue weighted by atomic mass is 10.1. The van der Waals surface area contributed by atoms with Gasteiger partial charge in [-0.25, -0.2) is 0 Å². The molecule has 0 spiro atoms. The third kappa shape index (κ3) is 1.87. The normalized spacial score (nSPS) is 23.6. The summed E-state index contributed by atoms with van der Waals surface area (Å²) in [7, 11) is 0. The Morgan fingerprint density at radius 3 is 2.58 bits per heavy atom. The molecule has 1 aliphatic rings. The molecule has 0 aromatic carbocycles. The van der Waals surface area contributed by atoms with Crippen molar-refractivity contribution in [2.75, 3.05) is 0 Å². The molecule has 0 saturated heterocycles. The minimum Gasteiger partial charge on any atom is -0.332 e. The Kier molecular flexibility index (Phi) is 2.21. The van der Waals surface area contributed by atoms with Crippen molar-refractivity contribution in [2.45, 2.75) is 6.18 Å². The lowest BCUT2D eigenvalue weighted by Gasteiger charge is -2.13. The van der Waals surface area contributed by atoms with Crippen molar-refractivity contribution in [3.05, 3.63) is 24.4 Å². The number of hydrogen-bond donors (Lipinski definition) is 1. The van der Waals surface area contributed by atoms with Crippen LogP contribution in [-0.2, 0) is 4.79 Å². The molecule has 0 radical (unpaired) electrons. The van der Waals surface area contributed by atoms with Crippen LogP contribution < -0.4 is 5.32 Å². The zero-order valence-electron chi connectivity index (χ0n) is 5.93. The number of alkyl halides is 3. The molecule has 1 heterocycles. The molecule has 1 unspecified atom stereocenters. The summed E-state index contributed by atoms with van der Waals surface area (Å²) in [4.78, 5) is 10.7. The molecule has 1 N–H and O–H groups in total. The van der Waals surface area contributed by atoms with E-state index in [1.807, 2.05) is 5.32 Å². The highest BCUT2D eigenvalue weighted by Gasteiger charge is 2.42. The minimum atomic E-state index is -4.51. The average Bonchev–Trinajstić information content (AvgIpc) is 2.11. The maximum absolute atomic E-state index is 12.0. The predicted octanol–water partition coefficient (Wildman–Crippen LogP) is 1.36. The molecule has 2 nitrogen and oxygen atoms in total. The maximum atomic E-state index is 12.0. The summed E-state index contributed by atoms with van der Waals surface area (Å²) in [6.45, 7) is 0. The van der Waals surface area contributed by atoms with Crippen LogP contribution in [0.15, 0.2) is 24.4 Å². The first-order chi connectivity index (χ1) is 5.52. The highest BCUT2D eigenvalue weighted by atomic mass is 19.4. The van der Waals surface area contributed by atoms with Gasteiger partial charge in [0.15, 0.2) is 5.92 Å². The second-order valence-corrected chi connectivity index (χ2v) is 2.27. The van der Waals surface area contributed by atoms with Gasteiger partial charge in [-0.1, -0.05) is 12.2 Å². The number of halogens is 3. The molecular weight excluding hydrogens is 171 g/mol. The first-order valence-corrected chi connectivity index (χ1v) is 3.22. The van der Waals surface area contributed by atoms with Crippen LogP contribution in [0.5, 0.6) is 0 Å². The highest BCUT2D eigenvalue weighted by molar-refractivity contribution is 5.82. The summed E-state index contributed by atoms with van der Waals surface area (Å²) in [5, 5.41) is 2.00. The smallest absolute Gasteiger partial charge is 0.332 e. The number of nitrogens with one attached hydrogen (secondary N) is 1. The molecule has 66 valence electrons. The van der Waals surface area contributed by atoms with E-state index in [0.29, 0.717) is 0 Å². The van der Waals surface area contributed by atoms with Gasteiger partial charge in [0.25, 0.3) is 0 Å². The fraction of sp³-hybridized carbons (Fsp3) is 0.286. The molecule has 1 atom stereocenters. The van der Waals surface area contributed by atoms with Crippen LogP contribution in [0.3, 0.4) is 0 Å². The third-order valence-corrected chi connectivity index (χ3v) is 1.37. The summed E-state index contributed by atoms with van der Waals surface area (Å²) in [5.41, 5.74) is 0. The Morgan fingerprint density at radius 2 is 2.00 bits per heavy atom. The summed E-state index contributed by atoms with van der Waals surface area (Å²) >= 11 is 0. The molecule has 0 aliphatic carbocycles. The van der Waals surface area contributed by atoms with E-state index in [1.54, 1.807) is 0 Å². The van der Waals surface area contributed by atoms with Crippen molar-refractivity contribution in [1.82, 2.24) is 5.32 Å². The Labute approximate surface area is 66.8 Å². The lowest BCUT2D eigenvalue weighted by molar-refractivity contribution is -0.171. The number of amides is 1. The van der Waals surface area contributed by atoms with Gasteiger partial charge in [-0.15, -0.1) is 0 Å².